The second-order valence-corrected chi connectivity index (χ2v) is 5.84. The monoisotopic (exact) mass is 347 g/mol. The lowest BCUT2D eigenvalue weighted by Crippen LogP contribution is -2.08. The Morgan fingerprint density at radius 2 is 1.54 bits per heavy atom. The molecule has 0 radical (unpaired) electrons. The van der Waals surface area contributed by atoms with Crippen LogP contribution in [0.3, 0.4) is 0 Å². The summed E-state index contributed by atoms with van der Waals surface area (Å²) in [6, 6.07) is 17.4. The molecule has 6 heteroatoms. The first-order valence-corrected chi connectivity index (χ1v) is 8.28. The van der Waals surface area contributed by atoms with Crippen molar-refractivity contribution in [3.8, 4) is 17.2 Å². The first kappa shape index (κ1) is 16.1. The highest BCUT2D eigenvalue weighted by Gasteiger charge is 2.24. The van der Waals surface area contributed by atoms with Gasteiger partial charge in [0.1, 0.15) is 17.3 Å². The maximum atomic E-state index is 5.80. The fourth-order valence-electron chi connectivity index (χ4n) is 2.54. The van der Waals surface area contributed by atoms with E-state index in [1.807, 2.05) is 61.5 Å². The van der Waals surface area contributed by atoms with Crippen molar-refractivity contribution in [3.05, 3.63) is 78.4 Å². The number of benzene rings is 2. The number of aromatic nitrogens is 2. The molecule has 0 saturated carbocycles. The quantitative estimate of drug-likeness (QED) is 0.698. The molecule has 0 bridgehead atoms. The van der Waals surface area contributed by atoms with E-state index < -0.39 is 0 Å². The number of rotatable bonds is 4. The Kier molecular flexibility index (Phi) is 4.47. The van der Waals surface area contributed by atoms with E-state index in [-0.39, 0.29) is 6.10 Å². The van der Waals surface area contributed by atoms with Crippen LogP contribution in [-0.2, 0) is 4.84 Å². The molecule has 1 atom stereocenters. The summed E-state index contributed by atoms with van der Waals surface area (Å²) in [5.74, 6) is 3.32. The van der Waals surface area contributed by atoms with Crippen molar-refractivity contribution in [1.29, 1.82) is 0 Å². The van der Waals surface area contributed by atoms with Crippen molar-refractivity contribution in [2.75, 3.05) is 0 Å². The topological polar surface area (TPSA) is 65.8 Å². The maximum absolute atomic E-state index is 5.80. The number of ether oxygens (including phenoxy) is 2. The number of para-hydroxylation sites is 1. The minimum absolute atomic E-state index is 0.179. The Hall–Kier alpha value is -3.41. The molecule has 2 heterocycles. The van der Waals surface area contributed by atoms with Crippen LogP contribution < -0.4 is 9.47 Å². The zero-order valence-corrected chi connectivity index (χ0v) is 14.2. The fraction of sp³-hybridized carbons (Fsp3) is 0.150. The van der Waals surface area contributed by atoms with Gasteiger partial charge in [-0.2, -0.15) is 0 Å². The minimum atomic E-state index is -0.179. The highest BCUT2D eigenvalue weighted by atomic mass is 16.7. The Morgan fingerprint density at radius 1 is 0.846 bits per heavy atom. The Bertz CT molecular complexity index is 894. The van der Waals surface area contributed by atoms with Crippen molar-refractivity contribution in [1.82, 2.24) is 9.97 Å². The molecule has 0 spiro atoms. The molecule has 26 heavy (non-hydrogen) atoms. The second kappa shape index (κ2) is 7.23. The highest BCUT2D eigenvalue weighted by Crippen LogP contribution is 2.30. The lowest BCUT2D eigenvalue weighted by Gasteiger charge is -2.10. The Labute approximate surface area is 151 Å². The third kappa shape index (κ3) is 3.80. The molecular formula is C20H17N3O3. The van der Waals surface area contributed by atoms with E-state index in [4.69, 9.17) is 14.3 Å². The predicted octanol–water partition coefficient (Wildman–Crippen LogP) is 4.43. The van der Waals surface area contributed by atoms with Crippen LogP contribution in [0.4, 0.5) is 0 Å². The van der Waals surface area contributed by atoms with Gasteiger partial charge in [-0.25, -0.2) is 9.97 Å². The predicted molar refractivity (Wildman–Crippen MR) is 96.2 cm³/mol. The third-order valence-electron chi connectivity index (χ3n) is 3.87. The van der Waals surface area contributed by atoms with Crippen LogP contribution in [0, 0.1) is 6.92 Å². The summed E-state index contributed by atoms with van der Waals surface area (Å²) >= 11 is 0. The molecule has 0 N–H and O–H groups in total. The number of aryl methyl sites for hydroxylation is 1. The van der Waals surface area contributed by atoms with E-state index in [0.717, 1.165) is 17.1 Å². The van der Waals surface area contributed by atoms with Crippen LogP contribution in [0.15, 0.2) is 72.1 Å². The standard InChI is InChI=1S/C20H17N3O3/c1-14-21-12-18(13-22-14)25-20-11-19(26-23-20)15-7-9-17(10-8-15)24-16-5-3-2-4-6-16/h2-10,12-13,19H,11H2,1H3/t19-/m0/s1. The summed E-state index contributed by atoms with van der Waals surface area (Å²) in [4.78, 5) is 13.7. The van der Waals surface area contributed by atoms with Crippen LogP contribution in [-0.4, -0.2) is 15.9 Å². The molecule has 1 aliphatic heterocycles. The minimum Gasteiger partial charge on any atom is -0.457 e. The van der Waals surface area contributed by atoms with Crippen LogP contribution in [0.2, 0.25) is 0 Å². The SMILES string of the molecule is Cc1ncc(OC2=NO[C@H](c3ccc(Oc4ccccc4)cc3)C2)cn1. The number of oxime groups is 1. The molecule has 1 aliphatic rings. The summed E-state index contributed by atoms with van der Waals surface area (Å²) < 4.78 is 11.5. The van der Waals surface area contributed by atoms with Crippen LogP contribution in [0.25, 0.3) is 0 Å². The average molecular weight is 347 g/mol. The average Bonchev–Trinajstić information content (AvgIpc) is 3.14. The van der Waals surface area contributed by atoms with Crippen LogP contribution >= 0.6 is 0 Å². The van der Waals surface area contributed by atoms with E-state index >= 15 is 0 Å². The molecular weight excluding hydrogens is 330 g/mol. The molecule has 130 valence electrons. The molecule has 3 aromatic rings. The van der Waals surface area contributed by atoms with Gasteiger partial charge in [-0.3, -0.25) is 0 Å². The van der Waals surface area contributed by atoms with Crippen molar-refractivity contribution >= 4 is 5.90 Å². The van der Waals surface area contributed by atoms with Crippen molar-refractivity contribution in [3.63, 3.8) is 0 Å². The lowest BCUT2D eigenvalue weighted by atomic mass is 10.1. The van der Waals surface area contributed by atoms with E-state index in [2.05, 4.69) is 15.1 Å². The van der Waals surface area contributed by atoms with Gasteiger partial charge in [-0.1, -0.05) is 35.5 Å². The van der Waals surface area contributed by atoms with Gasteiger partial charge in [0.05, 0.1) is 18.8 Å². The zero-order valence-electron chi connectivity index (χ0n) is 14.2. The molecule has 4 rings (SSSR count). The van der Waals surface area contributed by atoms with Gasteiger partial charge >= 0.3 is 0 Å². The number of nitrogens with zero attached hydrogens (tertiary/aromatic N) is 3. The van der Waals surface area contributed by atoms with Gasteiger partial charge in [0, 0.05) is 0 Å². The number of hydrogen-bond acceptors (Lipinski definition) is 6. The van der Waals surface area contributed by atoms with Gasteiger partial charge < -0.3 is 14.3 Å². The number of hydrogen-bond donors (Lipinski definition) is 0. The third-order valence-corrected chi connectivity index (χ3v) is 3.87. The van der Waals surface area contributed by atoms with Gasteiger partial charge in [-0.05, 0) is 36.8 Å². The zero-order chi connectivity index (χ0) is 17.8. The van der Waals surface area contributed by atoms with E-state index in [9.17, 15) is 0 Å². The normalized spacial score (nSPS) is 15.9. The fourth-order valence-corrected chi connectivity index (χ4v) is 2.54. The second-order valence-electron chi connectivity index (χ2n) is 5.84. The first-order valence-electron chi connectivity index (χ1n) is 8.28. The molecule has 0 aliphatic carbocycles. The van der Waals surface area contributed by atoms with Gasteiger partial charge in [0.2, 0.25) is 5.90 Å². The molecule has 6 nitrogen and oxygen atoms in total. The van der Waals surface area contributed by atoms with E-state index in [1.54, 1.807) is 12.4 Å². The van der Waals surface area contributed by atoms with Crippen molar-refractivity contribution < 1.29 is 14.3 Å². The van der Waals surface area contributed by atoms with E-state index in [1.165, 1.54) is 0 Å². The first-order chi connectivity index (χ1) is 12.8. The Morgan fingerprint density at radius 3 is 2.27 bits per heavy atom. The van der Waals surface area contributed by atoms with E-state index in [0.29, 0.717) is 23.9 Å². The lowest BCUT2D eigenvalue weighted by molar-refractivity contribution is 0.0855. The molecule has 0 unspecified atom stereocenters. The largest absolute Gasteiger partial charge is 0.457 e. The molecule has 0 saturated heterocycles. The van der Waals surface area contributed by atoms with Crippen LogP contribution in [0.5, 0.6) is 17.2 Å². The van der Waals surface area contributed by atoms with Crippen molar-refractivity contribution in [2.45, 2.75) is 19.4 Å². The van der Waals surface area contributed by atoms with Gasteiger partial charge in [-0.15, -0.1) is 0 Å². The summed E-state index contributed by atoms with van der Waals surface area (Å²) in [7, 11) is 0. The molecule has 0 amide bonds. The summed E-state index contributed by atoms with van der Waals surface area (Å²) in [5, 5.41) is 4.01. The molecule has 1 aromatic heterocycles. The van der Waals surface area contributed by atoms with Gasteiger partial charge in [0.25, 0.3) is 0 Å². The molecule has 2 aromatic carbocycles. The highest BCUT2D eigenvalue weighted by molar-refractivity contribution is 5.79. The van der Waals surface area contributed by atoms with Crippen molar-refractivity contribution in [2.24, 2.45) is 5.16 Å². The molecule has 0 fully saturated rings. The summed E-state index contributed by atoms with van der Waals surface area (Å²) in [6.07, 6.45) is 3.61. The summed E-state index contributed by atoms with van der Waals surface area (Å²) in [5.41, 5.74) is 1.01. The summed E-state index contributed by atoms with van der Waals surface area (Å²) in [6.45, 7) is 1.82. The Balaban J connectivity index is 1.36. The van der Waals surface area contributed by atoms with Gasteiger partial charge in [0.15, 0.2) is 11.9 Å². The smallest absolute Gasteiger partial charge is 0.235 e. The van der Waals surface area contributed by atoms with Crippen LogP contribution in [0.1, 0.15) is 23.9 Å². The maximum Gasteiger partial charge on any atom is 0.235 e.